The van der Waals surface area contributed by atoms with Crippen molar-refractivity contribution in [3.05, 3.63) is 54.1 Å². The zero-order chi connectivity index (χ0) is 13.7. The molecule has 100 valence electrons. The molecule has 1 heterocycles. The number of imidazole rings is 1. The van der Waals surface area contributed by atoms with Crippen LogP contribution in [0.25, 0.3) is 0 Å². The van der Waals surface area contributed by atoms with Crippen LogP contribution in [0.5, 0.6) is 0 Å². The zero-order valence-corrected chi connectivity index (χ0v) is 11.0. The number of rotatable bonds is 5. The number of methoxy groups -OCH3 is 1. The van der Waals surface area contributed by atoms with Crippen molar-refractivity contribution in [2.75, 3.05) is 7.11 Å². The summed E-state index contributed by atoms with van der Waals surface area (Å²) >= 11 is 0. The van der Waals surface area contributed by atoms with Gasteiger partial charge in [-0.2, -0.15) is 0 Å². The lowest BCUT2D eigenvalue weighted by Crippen LogP contribution is -2.33. The molecule has 1 aromatic carbocycles. The van der Waals surface area contributed by atoms with Gasteiger partial charge in [-0.05, 0) is 12.5 Å². The standard InChI is InChI=1S/C14H17N3O2/c1-10(13-15-8-9-16-13)17-14(18)12(19-2)11-6-4-3-5-7-11/h3-10,12H,1-2H3,(H,15,16)(H,17,18). The summed E-state index contributed by atoms with van der Waals surface area (Å²) in [6, 6.07) is 9.20. The third-order valence-electron chi connectivity index (χ3n) is 2.86. The Bertz CT molecular complexity index is 511. The molecule has 19 heavy (non-hydrogen) atoms. The highest BCUT2D eigenvalue weighted by molar-refractivity contribution is 5.82. The summed E-state index contributed by atoms with van der Waals surface area (Å²) < 4.78 is 5.27. The number of nitrogens with one attached hydrogen (secondary N) is 2. The minimum Gasteiger partial charge on any atom is -0.367 e. The largest absolute Gasteiger partial charge is 0.367 e. The van der Waals surface area contributed by atoms with E-state index in [4.69, 9.17) is 4.74 Å². The van der Waals surface area contributed by atoms with E-state index in [0.29, 0.717) is 0 Å². The van der Waals surface area contributed by atoms with Crippen LogP contribution in [0.1, 0.15) is 30.5 Å². The summed E-state index contributed by atoms with van der Waals surface area (Å²) in [5.41, 5.74) is 0.828. The Balaban J connectivity index is 2.06. The number of aromatic amines is 1. The Hall–Kier alpha value is -2.14. The van der Waals surface area contributed by atoms with E-state index in [1.54, 1.807) is 12.4 Å². The maximum absolute atomic E-state index is 12.2. The quantitative estimate of drug-likeness (QED) is 0.862. The average molecular weight is 259 g/mol. The first-order chi connectivity index (χ1) is 9.22. The van der Waals surface area contributed by atoms with E-state index >= 15 is 0 Å². The summed E-state index contributed by atoms with van der Waals surface area (Å²) in [7, 11) is 1.52. The highest BCUT2D eigenvalue weighted by Gasteiger charge is 2.22. The van der Waals surface area contributed by atoms with Crippen molar-refractivity contribution in [1.29, 1.82) is 0 Å². The van der Waals surface area contributed by atoms with E-state index in [2.05, 4.69) is 15.3 Å². The molecule has 0 aliphatic rings. The van der Waals surface area contributed by atoms with Crippen LogP contribution in [0.4, 0.5) is 0 Å². The van der Waals surface area contributed by atoms with Crippen LogP contribution in [0.3, 0.4) is 0 Å². The summed E-state index contributed by atoms with van der Waals surface area (Å²) in [6.45, 7) is 1.87. The second kappa shape index (κ2) is 6.15. The normalized spacial score (nSPS) is 13.8. The smallest absolute Gasteiger partial charge is 0.254 e. The van der Waals surface area contributed by atoms with E-state index in [0.717, 1.165) is 11.4 Å². The Labute approximate surface area is 112 Å². The van der Waals surface area contributed by atoms with E-state index in [9.17, 15) is 4.79 Å². The van der Waals surface area contributed by atoms with E-state index in [1.807, 2.05) is 37.3 Å². The van der Waals surface area contributed by atoms with Gasteiger partial charge in [0, 0.05) is 19.5 Å². The van der Waals surface area contributed by atoms with Crippen LogP contribution in [0.2, 0.25) is 0 Å². The van der Waals surface area contributed by atoms with Crippen LogP contribution in [-0.2, 0) is 9.53 Å². The van der Waals surface area contributed by atoms with Gasteiger partial charge in [0.25, 0.3) is 5.91 Å². The van der Waals surface area contributed by atoms with E-state index in [1.165, 1.54) is 7.11 Å². The number of H-pyrrole nitrogens is 1. The molecule has 5 nitrogen and oxygen atoms in total. The Morgan fingerprint density at radius 1 is 1.37 bits per heavy atom. The van der Waals surface area contributed by atoms with Gasteiger partial charge in [-0.1, -0.05) is 30.3 Å². The molecule has 0 saturated heterocycles. The number of aromatic nitrogens is 2. The Morgan fingerprint density at radius 2 is 2.11 bits per heavy atom. The molecule has 2 atom stereocenters. The highest BCUT2D eigenvalue weighted by atomic mass is 16.5. The third kappa shape index (κ3) is 3.20. The molecule has 0 aliphatic carbocycles. The topological polar surface area (TPSA) is 67.0 Å². The SMILES string of the molecule is COC(C(=O)NC(C)c1ncc[nH]1)c1ccccc1. The van der Waals surface area contributed by atoms with E-state index < -0.39 is 6.10 Å². The molecule has 2 aromatic rings. The lowest BCUT2D eigenvalue weighted by atomic mass is 10.1. The molecule has 5 heteroatoms. The first kappa shape index (κ1) is 13.3. The van der Waals surface area contributed by atoms with Gasteiger partial charge in [-0.3, -0.25) is 4.79 Å². The van der Waals surface area contributed by atoms with Gasteiger partial charge in [0.15, 0.2) is 6.10 Å². The Morgan fingerprint density at radius 3 is 2.68 bits per heavy atom. The van der Waals surface area contributed by atoms with Crippen molar-refractivity contribution < 1.29 is 9.53 Å². The third-order valence-corrected chi connectivity index (χ3v) is 2.86. The number of benzene rings is 1. The van der Waals surface area contributed by atoms with Gasteiger partial charge in [0.1, 0.15) is 5.82 Å². The average Bonchev–Trinajstić information content (AvgIpc) is 2.94. The summed E-state index contributed by atoms with van der Waals surface area (Å²) in [6.07, 6.45) is 2.77. The minimum atomic E-state index is -0.612. The molecule has 1 amide bonds. The molecule has 0 radical (unpaired) electrons. The lowest BCUT2D eigenvalue weighted by Gasteiger charge is -2.18. The van der Waals surface area contributed by atoms with Gasteiger partial charge < -0.3 is 15.0 Å². The molecule has 1 aromatic heterocycles. The summed E-state index contributed by atoms with van der Waals surface area (Å²) in [4.78, 5) is 19.3. The number of ether oxygens (including phenoxy) is 1. The molecule has 2 rings (SSSR count). The van der Waals surface area contributed by atoms with Crippen molar-refractivity contribution in [1.82, 2.24) is 15.3 Å². The van der Waals surface area contributed by atoms with Crippen molar-refractivity contribution in [3.8, 4) is 0 Å². The number of hydrogen-bond acceptors (Lipinski definition) is 3. The minimum absolute atomic E-state index is 0.183. The molecule has 0 bridgehead atoms. The molecule has 0 saturated carbocycles. The molecule has 2 unspecified atom stereocenters. The second-order valence-corrected chi connectivity index (χ2v) is 4.23. The van der Waals surface area contributed by atoms with Crippen molar-refractivity contribution in [2.24, 2.45) is 0 Å². The molecular formula is C14H17N3O2. The number of nitrogens with zero attached hydrogens (tertiary/aromatic N) is 1. The predicted molar refractivity (Wildman–Crippen MR) is 71.3 cm³/mol. The van der Waals surface area contributed by atoms with Crippen molar-refractivity contribution in [2.45, 2.75) is 19.1 Å². The van der Waals surface area contributed by atoms with Crippen molar-refractivity contribution >= 4 is 5.91 Å². The molecular weight excluding hydrogens is 242 g/mol. The second-order valence-electron chi connectivity index (χ2n) is 4.23. The Kier molecular flexibility index (Phi) is 4.30. The van der Waals surface area contributed by atoms with Gasteiger partial charge >= 0.3 is 0 Å². The van der Waals surface area contributed by atoms with Gasteiger partial charge in [0.05, 0.1) is 6.04 Å². The fraction of sp³-hybridized carbons (Fsp3) is 0.286. The molecule has 2 N–H and O–H groups in total. The maximum atomic E-state index is 12.2. The monoisotopic (exact) mass is 259 g/mol. The first-order valence-corrected chi connectivity index (χ1v) is 6.09. The van der Waals surface area contributed by atoms with Gasteiger partial charge in [-0.15, -0.1) is 0 Å². The molecule has 0 aliphatic heterocycles. The summed E-state index contributed by atoms with van der Waals surface area (Å²) in [5.74, 6) is 0.536. The number of carbonyl (C=O) groups excluding carboxylic acids is 1. The van der Waals surface area contributed by atoms with E-state index in [-0.39, 0.29) is 11.9 Å². The van der Waals surface area contributed by atoms with Crippen LogP contribution in [-0.4, -0.2) is 23.0 Å². The van der Waals surface area contributed by atoms with Gasteiger partial charge in [-0.25, -0.2) is 4.98 Å². The molecule has 0 spiro atoms. The predicted octanol–water partition coefficient (Wildman–Crippen LogP) is 1.97. The zero-order valence-electron chi connectivity index (χ0n) is 11.0. The van der Waals surface area contributed by atoms with Gasteiger partial charge in [0.2, 0.25) is 0 Å². The van der Waals surface area contributed by atoms with Crippen LogP contribution >= 0.6 is 0 Å². The van der Waals surface area contributed by atoms with Crippen molar-refractivity contribution in [3.63, 3.8) is 0 Å². The van der Waals surface area contributed by atoms with Crippen LogP contribution in [0.15, 0.2) is 42.7 Å². The van der Waals surface area contributed by atoms with Crippen LogP contribution in [0, 0.1) is 0 Å². The van der Waals surface area contributed by atoms with Crippen LogP contribution < -0.4 is 5.32 Å². The fourth-order valence-corrected chi connectivity index (χ4v) is 1.89. The number of carbonyl (C=O) groups is 1. The summed E-state index contributed by atoms with van der Waals surface area (Å²) in [5, 5.41) is 2.87. The lowest BCUT2D eigenvalue weighted by molar-refractivity contribution is -0.132. The fourth-order valence-electron chi connectivity index (χ4n) is 1.89. The number of hydrogen-bond donors (Lipinski definition) is 2. The maximum Gasteiger partial charge on any atom is 0.254 e. The first-order valence-electron chi connectivity index (χ1n) is 6.09. The highest BCUT2D eigenvalue weighted by Crippen LogP contribution is 2.17. The molecule has 0 fully saturated rings. The number of amides is 1.